The summed E-state index contributed by atoms with van der Waals surface area (Å²) < 4.78 is 10.8. The van der Waals surface area contributed by atoms with Crippen LogP contribution in [0.4, 0.5) is 0 Å². The molecule has 0 aromatic heterocycles. The molecular weight excluding hydrogens is 286 g/mol. The van der Waals surface area contributed by atoms with E-state index in [0.717, 1.165) is 34.2 Å². The Morgan fingerprint density at radius 2 is 1.76 bits per heavy atom. The fourth-order valence-electron chi connectivity index (χ4n) is 2.33. The number of nitrogens with one attached hydrogen (secondary N) is 1. The van der Waals surface area contributed by atoms with E-state index >= 15 is 0 Å². The molecule has 2 aromatic rings. The molecule has 21 heavy (non-hydrogen) atoms. The van der Waals surface area contributed by atoms with Gasteiger partial charge in [0.25, 0.3) is 0 Å². The summed E-state index contributed by atoms with van der Waals surface area (Å²) in [5.41, 5.74) is 2.17. The fourth-order valence-corrected chi connectivity index (χ4v) is 2.46. The minimum atomic E-state index is 0.0253. The van der Waals surface area contributed by atoms with E-state index in [1.807, 2.05) is 42.5 Å². The molecule has 0 aliphatic rings. The molecule has 0 radical (unpaired) electrons. The van der Waals surface area contributed by atoms with Gasteiger partial charge in [-0.1, -0.05) is 30.7 Å². The summed E-state index contributed by atoms with van der Waals surface area (Å²) in [5, 5.41) is 4.21. The standard InChI is InChI=1S/C17H20ClNO2/c1-4-19-17(12-5-7-13(18)8-6-12)15-11-14(20-2)9-10-16(15)21-3/h5-11,17,19H,4H2,1-3H3. The van der Waals surface area contributed by atoms with Gasteiger partial charge in [-0.05, 0) is 42.4 Å². The number of hydrogen-bond donors (Lipinski definition) is 1. The molecule has 1 unspecified atom stereocenters. The predicted molar refractivity (Wildman–Crippen MR) is 86.5 cm³/mol. The van der Waals surface area contributed by atoms with E-state index in [9.17, 15) is 0 Å². The highest BCUT2D eigenvalue weighted by Crippen LogP contribution is 2.33. The zero-order valence-corrected chi connectivity index (χ0v) is 13.3. The highest BCUT2D eigenvalue weighted by Gasteiger charge is 2.18. The second kappa shape index (κ2) is 7.34. The molecule has 4 heteroatoms. The Bertz CT molecular complexity index is 584. The van der Waals surface area contributed by atoms with Crippen LogP contribution in [0.3, 0.4) is 0 Å². The third-order valence-corrected chi connectivity index (χ3v) is 3.61. The first-order chi connectivity index (χ1) is 10.2. The first-order valence-electron chi connectivity index (χ1n) is 6.90. The van der Waals surface area contributed by atoms with Crippen LogP contribution >= 0.6 is 11.6 Å². The first kappa shape index (κ1) is 15.7. The highest BCUT2D eigenvalue weighted by molar-refractivity contribution is 6.30. The lowest BCUT2D eigenvalue weighted by atomic mass is 9.97. The van der Waals surface area contributed by atoms with E-state index in [-0.39, 0.29) is 6.04 Å². The Morgan fingerprint density at radius 3 is 2.33 bits per heavy atom. The van der Waals surface area contributed by atoms with E-state index in [1.54, 1.807) is 14.2 Å². The monoisotopic (exact) mass is 305 g/mol. The Balaban J connectivity index is 2.48. The molecule has 0 saturated heterocycles. The number of hydrogen-bond acceptors (Lipinski definition) is 3. The van der Waals surface area contributed by atoms with Crippen molar-refractivity contribution in [3.05, 3.63) is 58.6 Å². The maximum atomic E-state index is 5.98. The van der Waals surface area contributed by atoms with Gasteiger partial charge in [0.15, 0.2) is 0 Å². The zero-order chi connectivity index (χ0) is 15.2. The maximum Gasteiger partial charge on any atom is 0.124 e. The minimum Gasteiger partial charge on any atom is -0.497 e. The number of methoxy groups -OCH3 is 2. The van der Waals surface area contributed by atoms with Crippen LogP contribution in [-0.2, 0) is 0 Å². The number of benzene rings is 2. The number of rotatable bonds is 6. The van der Waals surface area contributed by atoms with Crippen LogP contribution in [0.2, 0.25) is 5.02 Å². The second-order valence-corrected chi connectivity index (χ2v) is 5.09. The van der Waals surface area contributed by atoms with E-state index in [2.05, 4.69) is 12.2 Å². The third kappa shape index (κ3) is 3.69. The van der Waals surface area contributed by atoms with Crippen molar-refractivity contribution in [2.75, 3.05) is 20.8 Å². The molecule has 0 aliphatic carbocycles. The number of halogens is 1. The van der Waals surface area contributed by atoms with Gasteiger partial charge in [0, 0.05) is 10.6 Å². The zero-order valence-electron chi connectivity index (χ0n) is 12.5. The molecule has 0 fully saturated rings. The quantitative estimate of drug-likeness (QED) is 0.873. The Hall–Kier alpha value is -1.71. The Morgan fingerprint density at radius 1 is 1.05 bits per heavy atom. The molecule has 0 bridgehead atoms. The van der Waals surface area contributed by atoms with Crippen molar-refractivity contribution in [2.45, 2.75) is 13.0 Å². The van der Waals surface area contributed by atoms with Crippen LogP contribution in [0.15, 0.2) is 42.5 Å². The summed E-state index contributed by atoms with van der Waals surface area (Å²) >= 11 is 5.98. The molecular formula is C17H20ClNO2. The maximum absolute atomic E-state index is 5.98. The molecule has 2 aromatic carbocycles. The van der Waals surface area contributed by atoms with Crippen LogP contribution in [0.1, 0.15) is 24.1 Å². The van der Waals surface area contributed by atoms with Gasteiger partial charge in [0.2, 0.25) is 0 Å². The van der Waals surface area contributed by atoms with Crippen LogP contribution < -0.4 is 14.8 Å². The normalized spacial score (nSPS) is 12.0. The lowest BCUT2D eigenvalue weighted by Crippen LogP contribution is -2.22. The topological polar surface area (TPSA) is 30.5 Å². The predicted octanol–water partition coefficient (Wildman–Crippen LogP) is 4.06. The second-order valence-electron chi connectivity index (χ2n) is 4.65. The van der Waals surface area contributed by atoms with Crippen molar-refractivity contribution in [2.24, 2.45) is 0 Å². The number of ether oxygens (including phenoxy) is 2. The molecule has 1 atom stereocenters. The molecule has 0 spiro atoms. The molecule has 0 saturated carbocycles. The van der Waals surface area contributed by atoms with Crippen molar-refractivity contribution < 1.29 is 9.47 Å². The molecule has 112 valence electrons. The summed E-state index contributed by atoms with van der Waals surface area (Å²) in [6, 6.07) is 13.7. The molecule has 0 heterocycles. The van der Waals surface area contributed by atoms with Crippen LogP contribution in [0.5, 0.6) is 11.5 Å². The van der Waals surface area contributed by atoms with Crippen molar-refractivity contribution in [3.8, 4) is 11.5 Å². The highest BCUT2D eigenvalue weighted by atomic mass is 35.5. The van der Waals surface area contributed by atoms with Gasteiger partial charge in [-0.25, -0.2) is 0 Å². The lowest BCUT2D eigenvalue weighted by Gasteiger charge is -2.22. The molecule has 1 N–H and O–H groups in total. The van der Waals surface area contributed by atoms with Crippen molar-refractivity contribution >= 4 is 11.6 Å². The Kier molecular flexibility index (Phi) is 5.48. The Labute approximate surface area is 130 Å². The van der Waals surface area contributed by atoms with E-state index in [1.165, 1.54) is 0 Å². The van der Waals surface area contributed by atoms with E-state index in [4.69, 9.17) is 21.1 Å². The summed E-state index contributed by atoms with van der Waals surface area (Å²) in [6.07, 6.45) is 0. The first-order valence-corrected chi connectivity index (χ1v) is 7.28. The van der Waals surface area contributed by atoms with Gasteiger partial charge >= 0.3 is 0 Å². The average molecular weight is 306 g/mol. The average Bonchev–Trinajstić information content (AvgIpc) is 2.53. The largest absolute Gasteiger partial charge is 0.497 e. The van der Waals surface area contributed by atoms with Gasteiger partial charge < -0.3 is 14.8 Å². The summed E-state index contributed by atoms with van der Waals surface area (Å²) in [7, 11) is 3.34. The SMILES string of the molecule is CCNC(c1ccc(Cl)cc1)c1cc(OC)ccc1OC. The molecule has 3 nitrogen and oxygen atoms in total. The van der Waals surface area contributed by atoms with Gasteiger partial charge in [0.05, 0.1) is 20.3 Å². The van der Waals surface area contributed by atoms with Gasteiger partial charge in [-0.2, -0.15) is 0 Å². The van der Waals surface area contributed by atoms with Crippen LogP contribution in [0.25, 0.3) is 0 Å². The van der Waals surface area contributed by atoms with E-state index < -0.39 is 0 Å². The van der Waals surface area contributed by atoms with Crippen molar-refractivity contribution in [1.82, 2.24) is 5.32 Å². The van der Waals surface area contributed by atoms with Crippen molar-refractivity contribution in [1.29, 1.82) is 0 Å². The third-order valence-electron chi connectivity index (χ3n) is 3.36. The van der Waals surface area contributed by atoms with E-state index in [0.29, 0.717) is 0 Å². The smallest absolute Gasteiger partial charge is 0.124 e. The summed E-state index contributed by atoms with van der Waals surface area (Å²) in [6.45, 7) is 2.92. The molecule has 0 amide bonds. The van der Waals surface area contributed by atoms with Gasteiger partial charge in [0.1, 0.15) is 11.5 Å². The van der Waals surface area contributed by atoms with Crippen molar-refractivity contribution in [3.63, 3.8) is 0 Å². The summed E-state index contributed by atoms with van der Waals surface area (Å²) in [4.78, 5) is 0. The van der Waals surface area contributed by atoms with Crippen LogP contribution in [0, 0.1) is 0 Å². The molecule has 2 rings (SSSR count). The molecule has 0 aliphatic heterocycles. The van der Waals surface area contributed by atoms with Crippen LogP contribution in [-0.4, -0.2) is 20.8 Å². The lowest BCUT2D eigenvalue weighted by molar-refractivity contribution is 0.394. The van der Waals surface area contributed by atoms with Gasteiger partial charge in [-0.15, -0.1) is 0 Å². The fraction of sp³-hybridized carbons (Fsp3) is 0.294. The minimum absolute atomic E-state index is 0.0253. The summed E-state index contributed by atoms with van der Waals surface area (Å²) in [5.74, 6) is 1.64. The van der Waals surface area contributed by atoms with Gasteiger partial charge in [-0.3, -0.25) is 0 Å².